The molecule has 2 aromatic rings. The van der Waals surface area contributed by atoms with E-state index < -0.39 is 149 Å². The standard InChI is InChI=1S/C62H90N13O14P.C2H4O2.Co/c1-29-20-39-40(21-30(29)2)75(28-70-39)57-52(84)53(41(27-76)87-57)89-90(85,86)88-31(3)26-69-49(83)18-19-59(8)37(22-46(66)80)56-62(11)61(10,25-48(68)82)36(14-17-45(65)79)51(74-62)33(5)55-60(9,24-47(67)81)34(12-15-43(63)77)38(71-55)23-42-58(6,7)35(13-16-44(64)78)50(72-42)32(4)54(59)73-56;1-2(3)4;/h20-21,23,28,31,34-37,41,52-53,56-57,76,84H,12-19,22,24-27H2,1-11H3,(H15,63,64,65,66,67,68,69,71,72,73,74,77,78,79,80,81,82,83,85,86);1H3,(H,3,4);/q;;+2/p-3. The van der Waals surface area contributed by atoms with E-state index in [1.54, 1.807) is 6.92 Å². The number of fused-ring (bicyclic) bond motifs is 7. The molecule has 8 bridgehead atoms. The Hall–Kier alpha value is -7.02. The minimum Gasteiger partial charge on any atom is -0.756 e. The Labute approximate surface area is 562 Å². The van der Waals surface area contributed by atoms with Crippen molar-refractivity contribution in [3.05, 3.63) is 69.2 Å². The van der Waals surface area contributed by atoms with Gasteiger partial charge in [0.1, 0.15) is 18.3 Å². The third-order valence-electron chi connectivity index (χ3n) is 20.5. The zero-order valence-corrected chi connectivity index (χ0v) is 57.7. The van der Waals surface area contributed by atoms with Gasteiger partial charge in [-0.1, -0.05) is 40.7 Å². The Morgan fingerprint density at radius 1 is 0.789 bits per heavy atom. The fourth-order valence-corrected chi connectivity index (χ4v) is 16.4. The van der Waals surface area contributed by atoms with Crippen molar-refractivity contribution in [2.24, 2.45) is 94.7 Å². The Morgan fingerprint density at radius 2 is 1.36 bits per heavy atom. The quantitative estimate of drug-likeness (QED) is 0.0609. The molecule has 95 heavy (non-hydrogen) atoms. The van der Waals surface area contributed by atoms with Gasteiger partial charge in [0.2, 0.25) is 41.4 Å². The normalized spacial score (nSPS) is 32.1. The van der Waals surface area contributed by atoms with Gasteiger partial charge in [-0.05, 0) is 126 Å². The zero-order chi connectivity index (χ0) is 70.3. The molecule has 8 rings (SSSR count). The Kier molecular flexibility index (Phi) is 23.8. The van der Waals surface area contributed by atoms with Gasteiger partial charge < -0.3 is 88.4 Å². The van der Waals surface area contributed by atoms with Crippen molar-refractivity contribution in [2.75, 3.05) is 13.2 Å². The molecule has 7 heterocycles. The molecular weight excluding hydrogens is 1300 g/mol. The van der Waals surface area contributed by atoms with Gasteiger partial charge in [-0.15, -0.1) is 0 Å². The third kappa shape index (κ3) is 15.7. The average Bonchev–Trinajstić information content (AvgIpc) is 1.53. The van der Waals surface area contributed by atoms with Crippen LogP contribution in [0.4, 0.5) is 0 Å². The number of benzene rings is 1. The molecule has 1 radical (unpaired) electrons. The molecule has 2 saturated heterocycles. The number of carboxylic acid groups (broad SMARTS) is 1. The summed E-state index contributed by atoms with van der Waals surface area (Å²) in [5, 5.41) is 39.0. The molecule has 0 aliphatic carbocycles. The number of imidazole rings is 1. The van der Waals surface area contributed by atoms with Crippen molar-refractivity contribution < 1.29 is 93.7 Å². The number of aryl methyl sites for hydroxylation is 2. The number of primary amides is 6. The molecule has 7 amide bonds. The fourth-order valence-electron chi connectivity index (χ4n) is 15.3. The van der Waals surface area contributed by atoms with Crippen molar-refractivity contribution in [1.29, 1.82) is 0 Å². The summed E-state index contributed by atoms with van der Waals surface area (Å²) in [4.78, 5) is 137. The number of hydrogen-bond donors (Lipinski definition) is 9. The predicted molar refractivity (Wildman–Crippen MR) is 342 cm³/mol. The number of phosphoric ester groups is 1. The zero-order valence-electron chi connectivity index (χ0n) is 55.8. The molecule has 31 heteroatoms. The summed E-state index contributed by atoms with van der Waals surface area (Å²) >= 11 is 0. The number of carbonyl (C=O) groups is 8. The van der Waals surface area contributed by atoms with Gasteiger partial charge >= 0.3 is 16.8 Å². The van der Waals surface area contributed by atoms with Crippen LogP contribution in [-0.4, -0.2) is 133 Å². The van der Waals surface area contributed by atoms with E-state index in [1.807, 2.05) is 80.5 Å². The van der Waals surface area contributed by atoms with Crippen LogP contribution in [0.1, 0.15) is 157 Å². The number of carboxylic acids is 1. The van der Waals surface area contributed by atoms with Gasteiger partial charge in [0.05, 0.1) is 41.3 Å². The van der Waals surface area contributed by atoms with E-state index in [4.69, 9.17) is 78.4 Å². The minimum atomic E-state index is -5.32. The number of aromatic nitrogens is 2. The van der Waals surface area contributed by atoms with Crippen LogP contribution in [-0.2, 0) is 73.5 Å². The Bertz CT molecular complexity index is 3650. The maximum atomic E-state index is 14.4. The van der Waals surface area contributed by atoms with Gasteiger partial charge in [-0.3, -0.25) is 53.1 Å². The van der Waals surface area contributed by atoms with E-state index in [0.29, 0.717) is 56.4 Å². The SMILES string of the molecule is C/C1=C2/N=C(C=C3N=C(/C(C)=C4\[N-]C(C(CC(N)=O)C4(C)CCC(=O)NCC(C)OP(=O)([O-])OC4C(CO)OC(n5cnc6cc(C)c(C)cc65)C4O)C4(C)N=C1C(CCC(N)=O)C4(C)CC(N)=O)C(CCC(N)=O)C3(C)C)C(CCC(N)=O)C2(C)CC(N)=O.CC(=O)[O-].[Co+2]. The van der Waals surface area contributed by atoms with Crippen molar-refractivity contribution in [3.63, 3.8) is 0 Å². The summed E-state index contributed by atoms with van der Waals surface area (Å²) in [6.45, 7) is 19.9. The molecular formula is C64H91CoN13O16P-. The van der Waals surface area contributed by atoms with Crippen LogP contribution in [0.3, 0.4) is 0 Å². The van der Waals surface area contributed by atoms with Crippen LogP contribution < -0.4 is 49.7 Å². The number of amides is 7. The summed E-state index contributed by atoms with van der Waals surface area (Å²) in [6, 6.07) is 2.65. The second kappa shape index (κ2) is 29.4. The maximum Gasteiger partial charge on any atom is 2.00 e. The summed E-state index contributed by atoms with van der Waals surface area (Å²) in [5.74, 6) is -8.49. The first-order chi connectivity index (χ1) is 43.6. The molecule has 29 nitrogen and oxygen atoms in total. The van der Waals surface area contributed by atoms with Crippen LogP contribution in [0, 0.1) is 59.2 Å². The Balaban J connectivity index is 0.00000278. The first-order valence-corrected chi connectivity index (χ1v) is 32.9. The van der Waals surface area contributed by atoms with Crippen molar-refractivity contribution in [1.82, 2.24) is 14.9 Å². The van der Waals surface area contributed by atoms with E-state index in [2.05, 4.69) is 10.3 Å². The molecule has 1 aromatic heterocycles. The first-order valence-electron chi connectivity index (χ1n) is 31.4. The topological polar surface area (TPSA) is 505 Å². The van der Waals surface area contributed by atoms with Crippen LogP contribution in [0.2, 0.25) is 0 Å². The van der Waals surface area contributed by atoms with Gasteiger partial charge in [-0.2, -0.15) is 5.70 Å². The molecule has 0 saturated carbocycles. The number of allylic oxidation sites excluding steroid dienone is 6. The number of phosphoric acid groups is 1. The predicted octanol–water partition coefficient (Wildman–Crippen LogP) is 2.07. The number of nitrogens with zero attached hydrogens (tertiary/aromatic N) is 6. The number of aliphatic imine (C=N–C) groups is 3. The summed E-state index contributed by atoms with van der Waals surface area (Å²) < 4.78 is 31.9. The number of carbonyl (C=O) groups excluding carboxylic acids is 8. The van der Waals surface area contributed by atoms with Crippen LogP contribution >= 0.6 is 7.82 Å². The molecule has 15 unspecified atom stereocenters. The number of nitrogens with two attached hydrogens (primary N) is 6. The monoisotopic (exact) mass is 1390 g/mol. The van der Waals surface area contributed by atoms with Crippen molar-refractivity contribution in [2.45, 2.75) is 196 Å². The van der Waals surface area contributed by atoms with Crippen LogP contribution in [0.5, 0.6) is 0 Å². The Morgan fingerprint density at radius 3 is 1.92 bits per heavy atom. The molecule has 6 aliphatic rings. The first kappa shape index (κ1) is 77.0. The molecule has 0 spiro atoms. The molecule has 15 N–H and O–H groups in total. The van der Waals surface area contributed by atoms with Gasteiger partial charge in [0, 0.05) is 114 Å². The van der Waals surface area contributed by atoms with Gasteiger partial charge in [0.15, 0.2) is 6.23 Å². The third-order valence-corrected chi connectivity index (χ3v) is 21.6. The summed E-state index contributed by atoms with van der Waals surface area (Å²) in [5.41, 5.74) is 36.7. The smallest absolute Gasteiger partial charge is 0.756 e. The number of aliphatic hydroxyl groups is 2. The van der Waals surface area contributed by atoms with Gasteiger partial charge in [0.25, 0.3) is 7.82 Å². The molecule has 1 aromatic carbocycles. The second-order valence-electron chi connectivity index (χ2n) is 27.5. The number of aliphatic hydroxyl groups excluding tert-OH is 2. The summed E-state index contributed by atoms with van der Waals surface area (Å²) in [7, 11) is -5.32. The van der Waals surface area contributed by atoms with E-state index in [0.717, 1.165) is 18.1 Å². The van der Waals surface area contributed by atoms with Crippen LogP contribution in [0.25, 0.3) is 16.4 Å². The second-order valence-corrected chi connectivity index (χ2v) is 28.8. The van der Waals surface area contributed by atoms with E-state index in [1.165, 1.54) is 17.8 Å². The number of ether oxygens (including phenoxy) is 1. The van der Waals surface area contributed by atoms with E-state index >= 15 is 0 Å². The maximum absolute atomic E-state index is 14.4. The number of hydrogen-bond acceptors (Lipinski definition) is 20. The number of rotatable bonds is 26. The molecule has 2 fully saturated rings. The number of aliphatic carboxylic acids is 1. The minimum absolute atomic E-state index is 0. The summed E-state index contributed by atoms with van der Waals surface area (Å²) in [6.07, 6.45) is -4.79. The van der Waals surface area contributed by atoms with E-state index in [-0.39, 0.29) is 94.0 Å². The van der Waals surface area contributed by atoms with Crippen molar-refractivity contribution in [3.8, 4) is 0 Å². The molecule has 6 aliphatic heterocycles. The average molecular weight is 1390 g/mol. The van der Waals surface area contributed by atoms with E-state index in [9.17, 15) is 53.2 Å². The molecule has 15 atom stereocenters. The molecule has 523 valence electrons. The van der Waals surface area contributed by atoms with Crippen LogP contribution in [0.15, 0.2) is 67.8 Å². The van der Waals surface area contributed by atoms with Gasteiger partial charge in [-0.25, -0.2) is 4.98 Å². The fraction of sp³-hybridized carbons (Fsp3) is 0.625. The number of nitrogens with one attached hydrogen (secondary N) is 1. The van der Waals surface area contributed by atoms with Crippen molar-refractivity contribution >= 4 is 83.3 Å². The largest absolute Gasteiger partial charge is 2.00 e.